The summed E-state index contributed by atoms with van der Waals surface area (Å²) in [4.78, 5) is 25.7. The van der Waals surface area contributed by atoms with E-state index >= 15 is 0 Å². The van der Waals surface area contributed by atoms with Crippen LogP contribution in [0.2, 0.25) is 0 Å². The third-order valence-electron chi connectivity index (χ3n) is 4.07. The Bertz CT molecular complexity index is 826. The average Bonchev–Trinajstić information content (AvgIpc) is 2.60. The summed E-state index contributed by atoms with van der Waals surface area (Å²) in [6, 6.07) is 10.3. The van der Waals surface area contributed by atoms with Gasteiger partial charge in [-0.3, -0.25) is 14.5 Å². The van der Waals surface area contributed by atoms with Crippen molar-refractivity contribution in [3.63, 3.8) is 0 Å². The Morgan fingerprint density at radius 3 is 2.76 bits per heavy atom. The lowest BCUT2D eigenvalue weighted by Crippen LogP contribution is -2.46. The summed E-state index contributed by atoms with van der Waals surface area (Å²) in [5, 5.41) is 5.69. The maximum absolute atomic E-state index is 13.3. The van der Waals surface area contributed by atoms with Gasteiger partial charge in [-0.05, 0) is 36.8 Å². The zero-order chi connectivity index (χ0) is 18.0. The molecule has 2 aromatic carbocycles. The van der Waals surface area contributed by atoms with E-state index in [0.29, 0.717) is 16.9 Å². The monoisotopic (exact) mass is 345 g/mol. The lowest BCUT2D eigenvalue weighted by atomic mass is 10.1. The van der Waals surface area contributed by atoms with Crippen LogP contribution in [0, 0.1) is 11.6 Å². The minimum absolute atomic E-state index is 0.0399. The molecule has 0 spiro atoms. The van der Waals surface area contributed by atoms with Crippen LogP contribution in [0.25, 0.3) is 0 Å². The molecule has 0 saturated heterocycles. The van der Waals surface area contributed by atoms with Gasteiger partial charge in [-0.1, -0.05) is 18.2 Å². The first kappa shape index (κ1) is 17.0. The van der Waals surface area contributed by atoms with Crippen LogP contribution in [-0.4, -0.2) is 24.9 Å². The van der Waals surface area contributed by atoms with Crippen molar-refractivity contribution in [1.82, 2.24) is 5.32 Å². The number of amides is 2. The Morgan fingerprint density at radius 1 is 1.24 bits per heavy atom. The predicted molar refractivity (Wildman–Crippen MR) is 90.2 cm³/mol. The molecule has 7 heteroatoms. The molecule has 0 radical (unpaired) electrons. The van der Waals surface area contributed by atoms with E-state index in [1.807, 2.05) is 0 Å². The van der Waals surface area contributed by atoms with Gasteiger partial charge in [0.25, 0.3) is 0 Å². The molecule has 0 bridgehead atoms. The maximum atomic E-state index is 13.3. The van der Waals surface area contributed by atoms with E-state index < -0.39 is 11.6 Å². The lowest BCUT2D eigenvalue weighted by molar-refractivity contribution is -0.121. The molecule has 1 heterocycles. The third kappa shape index (κ3) is 3.66. The third-order valence-corrected chi connectivity index (χ3v) is 4.07. The first-order chi connectivity index (χ1) is 12.0. The molecular formula is C18H17F2N3O2. The van der Waals surface area contributed by atoms with Crippen molar-refractivity contribution in [2.24, 2.45) is 0 Å². The summed E-state index contributed by atoms with van der Waals surface area (Å²) >= 11 is 0. The van der Waals surface area contributed by atoms with E-state index in [2.05, 4.69) is 10.6 Å². The number of halogens is 2. The topological polar surface area (TPSA) is 61.4 Å². The second-order valence-corrected chi connectivity index (χ2v) is 5.82. The molecule has 0 unspecified atom stereocenters. The van der Waals surface area contributed by atoms with E-state index in [0.717, 1.165) is 12.1 Å². The highest BCUT2D eigenvalue weighted by Crippen LogP contribution is 2.28. The quantitative estimate of drug-likeness (QED) is 0.895. The van der Waals surface area contributed by atoms with Gasteiger partial charge in [0.15, 0.2) is 11.6 Å². The number of benzene rings is 2. The zero-order valence-corrected chi connectivity index (χ0v) is 13.6. The second-order valence-electron chi connectivity index (χ2n) is 5.82. The average molecular weight is 345 g/mol. The molecule has 1 atom stereocenters. The normalized spacial score (nSPS) is 14.7. The van der Waals surface area contributed by atoms with Gasteiger partial charge < -0.3 is 10.6 Å². The fourth-order valence-electron chi connectivity index (χ4n) is 2.69. The van der Waals surface area contributed by atoms with Gasteiger partial charge in [-0.15, -0.1) is 0 Å². The van der Waals surface area contributed by atoms with Gasteiger partial charge in [-0.2, -0.15) is 0 Å². The molecule has 0 aliphatic carbocycles. The van der Waals surface area contributed by atoms with Crippen molar-refractivity contribution in [3.05, 3.63) is 59.7 Å². The first-order valence-corrected chi connectivity index (χ1v) is 7.83. The predicted octanol–water partition coefficient (Wildman–Crippen LogP) is 2.60. The number of carbonyl (C=O) groups excluding carboxylic acids is 2. The number of rotatable bonds is 4. The number of hydrogen-bond acceptors (Lipinski definition) is 3. The first-order valence-electron chi connectivity index (χ1n) is 7.83. The van der Waals surface area contributed by atoms with Gasteiger partial charge in [0.05, 0.1) is 17.9 Å². The van der Waals surface area contributed by atoms with Crippen LogP contribution in [0.5, 0.6) is 0 Å². The number of anilines is 2. The van der Waals surface area contributed by atoms with Crippen molar-refractivity contribution in [3.8, 4) is 0 Å². The van der Waals surface area contributed by atoms with E-state index in [1.165, 1.54) is 11.0 Å². The van der Waals surface area contributed by atoms with E-state index in [9.17, 15) is 18.4 Å². The molecule has 2 aromatic rings. The van der Waals surface area contributed by atoms with E-state index in [-0.39, 0.29) is 30.9 Å². The Hall–Kier alpha value is -2.80. The van der Waals surface area contributed by atoms with E-state index in [4.69, 9.17) is 0 Å². The summed E-state index contributed by atoms with van der Waals surface area (Å²) in [5.74, 6) is -2.39. The molecular weight excluding hydrogens is 328 g/mol. The molecule has 5 nitrogen and oxygen atoms in total. The molecule has 0 fully saturated rings. The highest BCUT2D eigenvalue weighted by molar-refractivity contribution is 6.10. The number of carbonyl (C=O) groups is 2. The number of nitrogens with one attached hydrogen (secondary N) is 2. The van der Waals surface area contributed by atoms with Gasteiger partial charge in [-0.25, -0.2) is 8.78 Å². The van der Waals surface area contributed by atoms with Crippen LogP contribution in [0.4, 0.5) is 20.2 Å². The van der Waals surface area contributed by atoms with Crippen molar-refractivity contribution < 1.29 is 18.4 Å². The zero-order valence-electron chi connectivity index (χ0n) is 13.6. The van der Waals surface area contributed by atoms with Gasteiger partial charge in [0.1, 0.15) is 6.54 Å². The standard InChI is InChI=1S/C18H17F2N3O2/c1-11(12-6-7-13(19)14(20)8-12)21-9-18(25)23-10-17(24)22-15-4-2-3-5-16(15)23/h2-8,11,21H,9-10H2,1H3,(H,22,24)/t11-/m1/s1. The van der Waals surface area contributed by atoms with Crippen molar-refractivity contribution in [2.45, 2.75) is 13.0 Å². The van der Waals surface area contributed by atoms with Crippen LogP contribution in [-0.2, 0) is 9.59 Å². The second kappa shape index (κ2) is 6.98. The summed E-state index contributed by atoms with van der Waals surface area (Å²) in [6.45, 7) is 1.65. The van der Waals surface area contributed by atoms with Gasteiger partial charge in [0.2, 0.25) is 11.8 Å². The van der Waals surface area contributed by atoms with Crippen molar-refractivity contribution >= 4 is 23.2 Å². The maximum Gasteiger partial charge on any atom is 0.244 e. The SMILES string of the molecule is C[C@@H](NCC(=O)N1CC(=O)Nc2ccccc21)c1ccc(F)c(F)c1. The molecule has 2 amide bonds. The van der Waals surface area contributed by atoms with E-state index in [1.54, 1.807) is 31.2 Å². The van der Waals surface area contributed by atoms with Crippen LogP contribution >= 0.6 is 0 Å². The molecule has 25 heavy (non-hydrogen) atoms. The molecule has 130 valence electrons. The molecule has 1 aliphatic rings. The van der Waals surface area contributed by atoms with Crippen LogP contribution in [0.3, 0.4) is 0 Å². The fraction of sp³-hybridized carbons (Fsp3) is 0.222. The Labute approximate surface area is 143 Å². The minimum Gasteiger partial charge on any atom is -0.323 e. The van der Waals surface area contributed by atoms with Gasteiger partial charge in [0, 0.05) is 6.04 Å². The summed E-state index contributed by atoms with van der Waals surface area (Å²) in [6.07, 6.45) is 0. The Kier molecular flexibility index (Phi) is 4.76. The number of para-hydroxylation sites is 2. The van der Waals surface area contributed by atoms with Crippen LogP contribution in [0.15, 0.2) is 42.5 Å². The summed E-state index contributed by atoms with van der Waals surface area (Å²) < 4.78 is 26.3. The Balaban J connectivity index is 1.68. The smallest absolute Gasteiger partial charge is 0.244 e. The highest BCUT2D eigenvalue weighted by Gasteiger charge is 2.26. The number of hydrogen-bond donors (Lipinski definition) is 2. The largest absolute Gasteiger partial charge is 0.323 e. The Morgan fingerprint density at radius 2 is 2.00 bits per heavy atom. The van der Waals surface area contributed by atoms with Crippen molar-refractivity contribution in [2.75, 3.05) is 23.3 Å². The molecule has 2 N–H and O–H groups in total. The molecule has 3 rings (SSSR count). The molecule has 1 aliphatic heterocycles. The fourth-order valence-corrected chi connectivity index (χ4v) is 2.69. The van der Waals surface area contributed by atoms with Gasteiger partial charge >= 0.3 is 0 Å². The van der Waals surface area contributed by atoms with Crippen LogP contribution < -0.4 is 15.5 Å². The lowest BCUT2D eigenvalue weighted by Gasteiger charge is -2.29. The summed E-state index contributed by atoms with van der Waals surface area (Å²) in [7, 11) is 0. The number of fused-ring (bicyclic) bond motifs is 1. The summed E-state index contributed by atoms with van der Waals surface area (Å²) in [5.41, 5.74) is 1.75. The van der Waals surface area contributed by atoms with Crippen molar-refractivity contribution in [1.29, 1.82) is 0 Å². The highest BCUT2D eigenvalue weighted by atomic mass is 19.2. The minimum atomic E-state index is -0.931. The van der Waals surface area contributed by atoms with Crippen LogP contribution in [0.1, 0.15) is 18.5 Å². The molecule has 0 aromatic heterocycles. The number of nitrogens with zero attached hydrogens (tertiary/aromatic N) is 1. The molecule has 0 saturated carbocycles.